The second-order valence-electron chi connectivity index (χ2n) is 5.39. The molecule has 0 N–H and O–H groups in total. The molecule has 0 aliphatic heterocycles. The lowest BCUT2D eigenvalue weighted by Crippen LogP contribution is -2.20. The highest BCUT2D eigenvalue weighted by Gasteiger charge is 2.27. The van der Waals surface area contributed by atoms with Gasteiger partial charge in [-0.2, -0.15) is 0 Å². The molecule has 1 aromatic heterocycles. The van der Waals surface area contributed by atoms with Crippen LogP contribution < -0.4 is 0 Å². The topological polar surface area (TPSA) is 34.1 Å². The van der Waals surface area contributed by atoms with Crippen molar-refractivity contribution in [3.8, 4) is 0 Å². The lowest BCUT2D eigenvalue weighted by Gasteiger charge is -2.17. The highest BCUT2D eigenvalue weighted by atomic mass is 35.5. The Labute approximate surface area is 113 Å². The molecule has 0 saturated heterocycles. The van der Waals surface area contributed by atoms with E-state index in [1.165, 1.54) is 11.1 Å². The van der Waals surface area contributed by atoms with Gasteiger partial charge in [-0.3, -0.25) is 0 Å². The first kappa shape index (κ1) is 15.0. The molecule has 0 aliphatic rings. The van der Waals surface area contributed by atoms with E-state index in [-0.39, 0.29) is 5.41 Å². The van der Waals surface area contributed by atoms with Gasteiger partial charge in [0.25, 0.3) is 0 Å². The van der Waals surface area contributed by atoms with E-state index in [1.54, 1.807) is 18.3 Å². The van der Waals surface area contributed by atoms with Gasteiger partial charge in [-0.1, -0.05) is 20.8 Å². The van der Waals surface area contributed by atoms with Crippen molar-refractivity contribution >= 4 is 32.8 Å². The molecule has 0 aliphatic carbocycles. The third kappa shape index (κ3) is 3.70. The smallest absolute Gasteiger partial charge is 0.151 e. The van der Waals surface area contributed by atoms with E-state index in [1.807, 2.05) is 12.1 Å². The molecule has 0 aromatic carbocycles. The van der Waals surface area contributed by atoms with Crippen molar-refractivity contribution in [2.75, 3.05) is 6.26 Å². The number of thiophene rings is 1. The van der Waals surface area contributed by atoms with Gasteiger partial charge in [0.2, 0.25) is 0 Å². The number of sulfone groups is 1. The molecular weight excluding hydrogens is 276 g/mol. The fraction of sp³-hybridized carbons (Fsp3) is 0.667. The molecule has 2 nitrogen and oxygen atoms in total. The zero-order valence-corrected chi connectivity index (χ0v) is 13.2. The first-order valence-corrected chi connectivity index (χ1v) is 8.67. The fourth-order valence-corrected chi connectivity index (χ4v) is 3.94. The summed E-state index contributed by atoms with van der Waals surface area (Å²) in [7, 11) is -3.10. The Hall–Kier alpha value is -0.0600. The summed E-state index contributed by atoms with van der Waals surface area (Å²) in [5, 5.41) is -1.03. The Kier molecular flexibility index (Phi) is 4.33. The van der Waals surface area contributed by atoms with Crippen LogP contribution in [0.15, 0.2) is 12.1 Å². The number of halogens is 1. The van der Waals surface area contributed by atoms with Crippen LogP contribution in [-0.2, 0) is 15.3 Å². The Morgan fingerprint density at radius 1 is 1.29 bits per heavy atom. The molecule has 1 heterocycles. The summed E-state index contributed by atoms with van der Waals surface area (Å²) in [6, 6.07) is 3.97. The van der Waals surface area contributed by atoms with E-state index < -0.39 is 20.5 Å². The van der Waals surface area contributed by atoms with Gasteiger partial charge in [-0.05, 0) is 24.5 Å². The van der Waals surface area contributed by atoms with Crippen LogP contribution in [0.1, 0.15) is 42.8 Å². The van der Waals surface area contributed by atoms with Crippen molar-refractivity contribution in [2.24, 2.45) is 0 Å². The predicted molar refractivity (Wildman–Crippen MR) is 75.9 cm³/mol. The lowest BCUT2D eigenvalue weighted by atomic mass is 9.95. The molecule has 5 heteroatoms. The van der Waals surface area contributed by atoms with Gasteiger partial charge in [0.05, 0.1) is 10.6 Å². The van der Waals surface area contributed by atoms with Crippen molar-refractivity contribution < 1.29 is 8.42 Å². The van der Waals surface area contributed by atoms with Gasteiger partial charge in [0.1, 0.15) is 0 Å². The van der Waals surface area contributed by atoms with Crippen LogP contribution in [0.3, 0.4) is 0 Å². The van der Waals surface area contributed by atoms with Gasteiger partial charge in [0.15, 0.2) is 9.84 Å². The lowest BCUT2D eigenvalue weighted by molar-refractivity contribution is 0.587. The van der Waals surface area contributed by atoms with Crippen molar-refractivity contribution in [3.05, 3.63) is 21.9 Å². The van der Waals surface area contributed by atoms with E-state index in [2.05, 4.69) is 20.8 Å². The van der Waals surface area contributed by atoms with Crippen LogP contribution in [0.5, 0.6) is 0 Å². The van der Waals surface area contributed by atoms with Crippen LogP contribution in [0.4, 0.5) is 0 Å². The molecule has 0 amide bonds. The molecule has 2 atom stereocenters. The summed E-state index contributed by atoms with van der Waals surface area (Å²) in [6.07, 6.45) is 1.23. The predicted octanol–water partition coefficient (Wildman–Crippen LogP) is 3.76. The van der Waals surface area contributed by atoms with Crippen LogP contribution >= 0.6 is 22.9 Å². The minimum atomic E-state index is -3.10. The molecule has 0 saturated carbocycles. The molecule has 98 valence electrons. The SMILES string of the molecule is CC(C(Cl)c1ccc(C(C)(C)C)s1)S(C)(=O)=O. The Morgan fingerprint density at radius 3 is 2.18 bits per heavy atom. The third-order valence-electron chi connectivity index (χ3n) is 2.73. The molecule has 1 aromatic rings. The average molecular weight is 295 g/mol. The molecule has 0 radical (unpaired) electrons. The van der Waals surface area contributed by atoms with Gasteiger partial charge in [0, 0.05) is 16.0 Å². The normalized spacial score (nSPS) is 16.8. The molecule has 2 unspecified atom stereocenters. The number of hydrogen-bond donors (Lipinski definition) is 0. The minimum Gasteiger partial charge on any atom is -0.229 e. The van der Waals surface area contributed by atoms with Crippen molar-refractivity contribution in [1.82, 2.24) is 0 Å². The van der Waals surface area contributed by atoms with Crippen molar-refractivity contribution in [3.63, 3.8) is 0 Å². The summed E-state index contributed by atoms with van der Waals surface area (Å²) < 4.78 is 22.9. The average Bonchev–Trinajstić information content (AvgIpc) is 2.61. The van der Waals surface area contributed by atoms with Gasteiger partial charge in [-0.15, -0.1) is 22.9 Å². The maximum atomic E-state index is 11.5. The number of alkyl halides is 1. The van der Waals surface area contributed by atoms with Gasteiger partial charge in [-0.25, -0.2) is 8.42 Å². The molecular formula is C12H19ClO2S2. The first-order chi connectivity index (χ1) is 7.53. The number of hydrogen-bond acceptors (Lipinski definition) is 3. The Balaban J connectivity index is 2.99. The van der Waals surface area contributed by atoms with Crippen molar-refractivity contribution in [1.29, 1.82) is 0 Å². The van der Waals surface area contributed by atoms with E-state index in [9.17, 15) is 8.42 Å². The molecule has 1 rings (SSSR count). The van der Waals surface area contributed by atoms with E-state index in [0.717, 1.165) is 4.88 Å². The van der Waals surface area contributed by atoms with Crippen LogP contribution in [-0.4, -0.2) is 19.9 Å². The van der Waals surface area contributed by atoms with E-state index in [4.69, 9.17) is 11.6 Å². The van der Waals surface area contributed by atoms with Crippen LogP contribution in [0.25, 0.3) is 0 Å². The maximum Gasteiger partial charge on any atom is 0.151 e. The molecule has 0 bridgehead atoms. The number of rotatable bonds is 3. The molecule has 0 spiro atoms. The largest absolute Gasteiger partial charge is 0.229 e. The monoisotopic (exact) mass is 294 g/mol. The van der Waals surface area contributed by atoms with E-state index >= 15 is 0 Å². The van der Waals surface area contributed by atoms with Crippen molar-refractivity contribution in [2.45, 2.75) is 43.7 Å². The van der Waals surface area contributed by atoms with Crippen LogP contribution in [0, 0.1) is 0 Å². The third-order valence-corrected chi connectivity index (χ3v) is 6.83. The maximum absolute atomic E-state index is 11.5. The highest BCUT2D eigenvalue weighted by Crippen LogP contribution is 2.37. The zero-order valence-electron chi connectivity index (χ0n) is 10.8. The second-order valence-corrected chi connectivity index (χ2v) is 9.38. The molecule has 0 fully saturated rings. The first-order valence-electron chi connectivity index (χ1n) is 5.46. The standard InChI is InChI=1S/C12H19ClO2S2/c1-8(17(5,14)15)11(13)9-6-7-10(16-9)12(2,3)4/h6-8,11H,1-5H3. The van der Waals surface area contributed by atoms with Crippen LogP contribution in [0.2, 0.25) is 0 Å². The zero-order chi connectivity index (χ0) is 13.4. The fourth-order valence-electron chi connectivity index (χ4n) is 1.35. The van der Waals surface area contributed by atoms with Gasteiger partial charge >= 0.3 is 0 Å². The summed E-state index contributed by atoms with van der Waals surface area (Å²) in [4.78, 5) is 2.15. The Bertz CT molecular complexity index is 483. The highest BCUT2D eigenvalue weighted by molar-refractivity contribution is 7.91. The molecule has 17 heavy (non-hydrogen) atoms. The summed E-state index contributed by atoms with van der Waals surface area (Å²) in [5.41, 5.74) is 0.0772. The Morgan fingerprint density at radius 2 is 1.82 bits per heavy atom. The minimum absolute atomic E-state index is 0.0772. The summed E-state index contributed by atoms with van der Waals surface area (Å²) >= 11 is 7.83. The van der Waals surface area contributed by atoms with E-state index in [0.29, 0.717) is 0 Å². The summed E-state index contributed by atoms with van der Waals surface area (Å²) in [5.74, 6) is 0. The summed E-state index contributed by atoms with van der Waals surface area (Å²) in [6.45, 7) is 8.05. The van der Waals surface area contributed by atoms with Gasteiger partial charge < -0.3 is 0 Å². The second kappa shape index (κ2) is 4.90. The quantitative estimate of drug-likeness (QED) is 0.796.